The highest BCUT2D eigenvalue weighted by atomic mass is 19.1. The van der Waals surface area contributed by atoms with E-state index in [4.69, 9.17) is 9.15 Å². The van der Waals surface area contributed by atoms with Gasteiger partial charge in [0.05, 0.1) is 18.6 Å². The van der Waals surface area contributed by atoms with E-state index >= 15 is 0 Å². The zero-order valence-electron chi connectivity index (χ0n) is 11.6. The highest BCUT2D eigenvalue weighted by Gasteiger charge is 2.11. The van der Waals surface area contributed by atoms with Gasteiger partial charge in [-0.1, -0.05) is 12.1 Å². The van der Waals surface area contributed by atoms with Gasteiger partial charge < -0.3 is 14.5 Å². The molecule has 0 aliphatic carbocycles. The Hall–Kier alpha value is -2.40. The maximum absolute atomic E-state index is 13.2. The Morgan fingerprint density at radius 3 is 3.00 bits per heavy atom. The SMILES string of the molecule is CO[C@@H](CNC(=O)/C=C/c1ccoc1)c1cccc(F)c1. The second-order valence-electron chi connectivity index (χ2n) is 4.41. The maximum Gasteiger partial charge on any atom is 0.244 e. The van der Waals surface area contributed by atoms with E-state index < -0.39 is 6.10 Å². The fraction of sp³-hybridized carbons (Fsp3) is 0.188. The second kappa shape index (κ2) is 7.40. The van der Waals surface area contributed by atoms with E-state index in [9.17, 15) is 9.18 Å². The van der Waals surface area contributed by atoms with Gasteiger partial charge in [-0.3, -0.25) is 4.79 Å². The summed E-state index contributed by atoms with van der Waals surface area (Å²) in [5.74, 6) is -0.588. The molecule has 0 unspecified atom stereocenters. The van der Waals surface area contributed by atoms with Crippen LogP contribution in [-0.2, 0) is 9.53 Å². The van der Waals surface area contributed by atoms with Gasteiger partial charge >= 0.3 is 0 Å². The molecular weight excluding hydrogens is 273 g/mol. The lowest BCUT2D eigenvalue weighted by Gasteiger charge is -2.16. The third-order valence-corrected chi connectivity index (χ3v) is 2.94. The fourth-order valence-electron chi connectivity index (χ4n) is 1.84. The standard InChI is InChI=1S/C16H16FNO3/c1-20-15(13-3-2-4-14(17)9-13)10-18-16(19)6-5-12-7-8-21-11-12/h2-9,11,15H,10H2,1H3,(H,18,19)/b6-5+/t15-/m0/s1. The number of nitrogens with one attached hydrogen (secondary N) is 1. The molecule has 0 saturated carbocycles. The Kier molecular flexibility index (Phi) is 5.29. The summed E-state index contributed by atoms with van der Waals surface area (Å²) in [5.41, 5.74) is 1.48. The minimum absolute atomic E-state index is 0.255. The van der Waals surface area contributed by atoms with Gasteiger partial charge in [0.1, 0.15) is 5.82 Å². The van der Waals surface area contributed by atoms with Crippen LogP contribution in [0.4, 0.5) is 4.39 Å². The van der Waals surface area contributed by atoms with Crippen LogP contribution in [0.1, 0.15) is 17.2 Å². The van der Waals surface area contributed by atoms with Crippen molar-refractivity contribution < 1.29 is 18.3 Å². The largest absolute Gasteiger partial charge is 0.472 e. The number of ether oxygens (including phenoxy) is 1. The van der Waals surface area contributed by atoms with Gasteiger partial charge in [-0.15, -0.1) is 0 Å². The van der Waals surface area contributed by atoms with Crippen LogP contribution in [-0.4, -0.2) is 19.6 Å². The topological polar surface area (TPSA) is 51.5 Å². The average Bonchev–Trinajstić information content (AvgIpc) is 2.99. The van der Waals surface area contributed by atoms with Crippen molar-refractivity contribution in [2.75, 3.05) is 13.7 Å². The van der Waals surface area contributed by atoms with Crippen molar-refractivity contribution in [2.45, 2.75) is 6.10 Å². The number of furan rings is 1. The molecule has 110 valence electrons. The molecule has 0 fully saturated rings. The highest BCUT2D eigenvalue weighted by molar-refractivity contribution is 5.91. The Bertz CT molecular complexity index is 608. The van der Waals surface area contributed by atoms with Crippen LogP contribution in [0, 0.1) is 5.82 Å². The summed E-state index contributed by atoms with van der Waals surface area (Å²) in [7, 11) is 1.52. The number of hydrogen-bond donors (Lipinski definition) is 1. The molecule has 1 amide bonds. The van der Waals surface area contributed by atoms with Gasteiger partial charge in [0.2, 0.25) is 5.91 Å². The van der Waals surface area contributed by atoms with E-state index in [1.54, 1.807) is 24.3 Å². The third-order valence-electron chi connectivity index (χ3n) is 2.94. The van der Waals surface area contributed by atoms with Crippen LogP contribution in [0.3, 0.4) is 0 Å². The Morgan fingerprint density at radius 2 is 2.33 bits per heavy atom. The molecule has 0 aliphatic heterocycles. The lowest BCUT2D eigenvalue weighted by atomic mass is 10.1. The Morgan fingerprint density at radius 1 is 1.48 bits per heavy atom. The molecule has 0 bridgehead atoms. The van der Waals surface area contributed by atoms with Crippen LogP contribution >= 0.6 is 0 Å². The van der Waals surface area contributed by atoms with Crippen molar-refractivity contribution in [2.24, 2.45) is 0 Å². The van der Waals surface area contributed by atoms with E-state index in [1.807, 2.05) is 0 Å². The molecule has 2 aromatic rings. The molecule has 1 heterocycles. The van der Waals surface area contributed by atoms with E-state index in [-0.39, 0.29) is 18.3 Å². The van der Waals surface area contributed by atoms with E-state index in [0.717, 1.165) is 5.56 Å². The van der Waals surface area contributed by atoms with Gasteiger partial charge in [0, 0.05) is 25.3 Å². The molecule has 0 radical (unpaired) electrons. The lowest BCUT2D eigenvalue weighted by Crippen LogP contribution is -2.27. The number of carbonyl (C=O) groups excluding carboxylic acids is 1. The van der Waals surface area contributed by atoms with Gasteiger partial charge in [-0.2, -0.15) is 0 Å². The first kappa shape index (κ1) is 15.0. The average molecular weight is 289 g/mol. The highest BCUT2D eigenvalue weighted by Crippen LogP contribution is 2.16. The summed E-state index contributed by atoms with van der Waals surface area (Å²) >= 11 is 0. The Labute approximate surface area is 122 Å². The van der Waals surface area contributed by atoms with Crippen LogP contribution in [0.2, 0.25) is 0 Å². The summed E-state index contributed by atoms with van der Waals surface area (Å²) in [5, 5.41) is 2.71. The second-order valence-corrected chi connectivity index (χ2v) is 4.41. The van der Waals surface area contributed by atoms with Crippen molar-refractivity contribution in [1.82, 2.24) is 5.32 Å². The van der Waals surface area contributed by atoms with Crippen molar-refractivity contribution >= 4 is 12.0 Å². The zero-order valence-corrected chi connectivity index (χ0v) is 11.6. The quantitative estimate of drug-likeness (QED) is 0.832. The van der Waals surface area contributed by atoms with E-state index in [1.165, 1.54) is 37.8 Å². The molecule has 0 aliphatic rings. The molecule has 5 heteroatoms. The molecule has 1 aromatic carbocycles. The first-order valence-corrected chi connectivity index (χ1v) is 6.45. The molecular formula is C16H16FNO3. The number of benzene rings is 1. The van der Waals surface area contributed by atoms with Crippen molar-refractivity contribution in [3.05, 3.63) is 65.9 Å². The van der Waals surface area contributed by atoms with E-state index in [2.05, 4.69) is 5.32 Å². The van der Waals surface area contributed by atoms with Crippen molar-refractivity contribution in [1.29, 1.82) is 0 Å². The van der Waals surface area contributed by atoms with Gasteiger partial charge in [-0.05, 0) is 29.8 Å². The number of hydrogen-bond acceptors (Lipinski definition) is 3. The summed E-state index contributed by atoms with van der Waals surface area (Å²) < 4.78 is 23.3. The van der Waals surface area contributed by atoms with Crippen LogP contribution in [0.25, 0.3) is 6.08 Å². The number of rotatable bonds is 6. The number of amides is 1. The Balaban J connectivity index is 1.89. The van der Waals surface area contributed by atoms with Crippen LogP contribution in [0.5, 0.6) is 0 Å². The monoisotopic (exact) mass is 289 g/mol. The summed E-state index contributed by atoms with van der Waals surface area (Å²) in [4.78, 5) is 11.7. The van der Waals surface area contributed by atoms with Crippen molar-refractivity contribution in [3.8, 4) is 0 Å². The first-order valence-electron chi connectivity index (χ1n) is 6.45. The molecule has 1 atom stereocenters. The predicted molar refractivity (Wildman–Crippen MR) is 76.9 cm³/mol. The maximum atomic E-state index is 13.2. The summed E-state index contributed by atoms with van der Waals surface area (Å²) in [6, 6.07) is 7.86. The molecule has 21 heavy (non-hydrogen) atoms. The minimum atomic E-state index is -0.396. The van der Waals surface area contributed by atoms with Gasteiger partial charge in [-0.25, -0.2) is 4.39 Å². The van der Waals surface area contributed by atoms with E-state index in [0.29, 0.717) is 5.56 Å². The van der Waals surface area contributed by atoms with Crippen molar-refractivity contribution in [3.63, 3.8) is 0 Å². The third kappa shape index (κ3) is 4.57. The van der Waals surface area contributed by atoms with Crippen LogP contribution < -0.4 is 5.32 Å². The zero-order chi connectivity index (χ0) is 15.1. The van der Waals surface area contributed by atoms with Crippen LogP contribution in [0.15, 0.2) is 53.4 Å². The number of carbonyl (C=O) groups is 1. The summed E-state index contributed by atoms with van der Waals surface area (Å²) in [6.07, 6.45) is 5.72. The minimum Gasteiger partial charge on any atom is -0.472 e. The first-order chi connectivity index (χ1) is 10.2. The summed E-state index contributed by atoms with van der Waals surface area (Å²) in [6.45, 7) is 0.258. The van der Waals surface area contributed by atoms with Gasteiger partial charge in [0.25, 0.3) is 0 Å². The predicted octanol–water partition coefficient (Wildman–Crippen LogP) is 2.94. The molecule has 0 spiro atoms. The molecule has 1 aromatic heterocycles. The fourth-order valence-corrected chi connectivity index (χ4v) is 1.84. The molecule has 4 nitrogen and oxygen atoms in total. The molecule has 0 saturated heterocycles. The lowest BCUT2D eigenvalue weighted by molar-refractivity contribution is -0.117. The molecule has 1 N–H and O–H groups in total. The van der Waals surface area contributed by atoms with Gasteiger partial charge in [0.15, 0.2) is 0 Å². The smallest absolute Gasteiger partial charge is 0.244 e. The molecule has 2 rings (SSSR count). The number of halogens is 1. The number of methoxy groups -OCH3 is 1. The normalized spacial score (nSPS) is 12.5.